The Labute approximate surface area is 166 Å². The van der Waals surface area contributed by atoms with E-state index in [1.807, 2.05) is 18.2 Å². The Bertz CT molecular complexity index is 825. The van der Waals surface area contributed by atoms with Gasteiger partial charge >= 0.3 is 11.9 Å². The highest BCUT2D eigenvalue weighted by Crippen LogP contribution is 2.34. The van der Waals surface area contributed by atoms with E-state index >= 15 is 0 Å². The van der Waals surface area contributed by atoms with E-state index in [0.717, 1.165) is 41.4 Å². The molecule has 2 fully saturated rings. The third-order valence-electron chi connectivity index (χ3n) is 4.76. The predicted octanol–water partition coefficient (Wildman–Crippen LogP) is 1.91. The summed E-state index contributed by atoms with van der Waals surface area (Å²) in [5, 5.41) is 16.7. The quantitative estimate of drug-likeness (QED) is 0.747. The Morgan fingerprint density at radius 3 is 2.14 bits per heavy atom. The Morgan fingerprint density at radius 1 is 1.04 bits per heavy atom. The lowest BCUT2D eigenvalue weighted by Crippen LogP contribution is -2.26. The number of fused-ring (bicyclic) bond motifs is 1. The molecule has 0 spiro atoms. The fraction of sp³-hybridized carbons (Fsp3) is 0.368. The summed E-state index contributed by atoms with van der Waals surface area (Å²) in [7, 11) is 2.22. The zero-order valence-corrected chi connectivity index (χ0v) is 16.2. The van der Waals surface area contributed by atoms with Crippen molar-refractivity contribution in [2.24, 2.45) is 11.8 Å². The summed E-state index contributed by atoms with van der Waals surface area (Å²) in [6.07, 6.45) is 1.12. The Hall–Kier alpha value is -2.78. The van der Waals surface area contributed by atoms with Gasteiger partial charge in [-0.3, -0.25) is 0 Å². The fourth-order valence-corrected chi connectivity index (χ4v) is 4.28. The molecule has 2 aromatic rings. The van der Waals surface area contributed by atoms with E-state index in [1.165, 1.54) is 24.6 Å². The minimum Gasteiger partial charge on any atom is -0.478 e. The molecule has 9 heteroatoms. The summed E-state index contributed by atoms with van der Waals surface area (Å²) in [5.74, 6) is -0.0345. The number of likely N-dealkylation sites (tertiary alicyclic amines) is 1. The first-order valence-electron chi connectivity index (χ1n) is 8.89. The van der Waals surface area contributed by atoms with Gasteiger partial charge in [-0.05, 0) is 18.9 Å². The molecule has 2 atom stereocenters. The summed E-state index contributed by atoms with van der Waals surface area (Å²) < 4.78 is 4.52. The van der Waals surface area contributed by atoms with Gasteiger partial charge in [0.2, 0.25) is 5.13 Å². The molecule has 2 aliphatic heterocycles. The van der Waals surface area contributed by atoms with Gasteiger partial charge in [-0.15, -0.1) is 0 Å². The van der Waals surface area contributed by atoms with Crippen molar-refractivity contribution in [3.8, 4) is 11.4 Å². The Balaban J connectivity index is 0.000000242. The number of hydrogen-bond acceptors (Lipinski definition) is 7. The second-order valence-electron chi connectivity index (χ2n) is 6.92. The highest BCUT2D eigenvalue weighted by Gasteiger charge is 2.39. The van der Waals surface area contributed by atoms with Gasteiger partial charge in [-0.2, -0.15) is 9.36 Å². The minimum absolute atomic E-state index is 0.558. The van der Waals surface area contributed by atoms with Crippen LogP contribution in [0.15, 0.2) is 42.5 Å². The lowest BCUT2D eigenvalue weighted by molar-refractivity contribution is -0.134. The van der Waals surface area contributed by atoms with Crippen LogP contribution in [0.4, 0.5) is 5.13 Å². The van der Waals surface area contributed by atoms with Gasteiger partial charge in [-0.25, -0.2) is 9.59 Å². The van der Waals surface area contributed by atoms with Crippen LogP contribution in [-0.2, 0) is 9.59 Å². The normalized spacial score (nSPS) is 21.4. The first kappa shape index (κ1) is 20.0. The van der Waals surface area contributed by atoms with Crippen LogP contribution in [0.1, 0.15) is 0 Å². The molecule has 0 aliphatic carbocycles. The highest BCUT2D eigenvalue weighted by molar-refractivity contribution is 7.09. The first-order chi connectivity index (χ1) is 13.4. The molecule has 2 N–H and O–H groups in total. The minimum atomic E-state index is -1.26. The van der Waals surface area contributed by atoms with Gasteiger partial charge in [0.05, 0.1) is 0 Å². The third-order valence-corrected chi connectivity index (χ3v) is 5.53. The summed E-state index contributed by atoms with van der Waals surface area (Å²) in [6, 6.07) is 10.2. The van der Waals surface area contributed by atoms with Gasteiger partial charge < -0.3 is 20.0 Å². The van der Waals surface area contributed by atoms with Gasteiger partial charge in [-0.1, -0.05) is 30.3 Å². The monoisotopic (exact) mass is 402 g/mol. The van der Waals surface area contributed by atoms with Crippen LogP contribution in [0.25, 0.3) is 11.4 Å². The highest BCUT2D eigenvalue weighted by atomic mass is 32.1. The third kappa shape index (κ3) is 5.14. The SMILES string of the molecule is CN1CC2CN(c3nc(-c4ccccc4)ns3)CC2C1.O=C(O)C=CC(=O)O. The van der Waals surface area contributed by atoms with Crippen LogP contribution < -0.4 is 4.90 Å². The number of hydrogen-bond donors (Lipinski definition) is 2. The second-order valence-corrected chi connectivity index (χ2v) is 7.65. The summed E-state index contributed by atoms with van der Waals surface area (Å²) in [5.41, 5.74) is 1.11. The van der Waals surface area contributed by atoms with Gasteiger partial charge in [0.15, 0.2) is 5.82 Å². The molecule has 0 amide bonds. The van der Waals surface area contributed by atoms with Crippen molar-refractivity contribution in [2.45, 2.75) is 0 Å². The van der Waals surface area contributed by atoms with Crippen LogP contribution >= 0.6 is 11.5 Å². The van der Waals surface area contributed by atoms with E-state index in [-0.39, 0.29) is 0 Å². The number of benzene rings is 1. The summed E-state index contributed by atoms with van der Waals surface area (Å²) in [4.78, 5) is 28.7. The molecule has 4 rings (SSSR count). The molecule has 2 saturated heterocycles. The molecule has 1 aromatic heterocycles. The maximum Gasteiger partial charge on any atom is 0.328 e. The summed E-state index contributed by atoms with van der Waals surface area (Å²) >= 11 is 1.53. The van der Waals surface area contributed by atoms with Crippen molar-refractivity contribution >= 4 is 28.6 Å². The van der Waals surface area contributed by atoms with Crippen molar-refractivity contribution in [3.05, 3.63) is 42.5 Å². The molecule has 148 valence electrons. The van der Waals surface area contributed by atoms with E-state index < -0.39 is 11.9 Å². The Kier molecular flexibility index (Phi) is 6.37. The maximum atomic E-state index is 9.55. The molecule has 0 saturated carbocycles. The number of aromatic nitrogens is 2. The van der Waals surface area contributed by atoms with Crippen molar-refractivity contribution in [1.82, 2.24) is 14.3 Å². The lowest BCUT2D eigenvalue weighted by Gasteiger charge is -2.17. The van der Waals surface area contributed by atoms with E-state index in [4.69, 9.17) is 15.2 Å². The standard InChI is InChI=1S/C15H18N4S.C4H4O4/c1-18-7-12-9-19(10-13(12)8-18)15-16-14(17-20-15)11-5-3-2-4-6-11;5-3(6)1-2-4(7)8/h2-6,12-13H,7-10H2,1H3;1-2H,(H,5,6)(H,7,8). The number of anilines is 1. The zero-order valence-electron chi connectivity index (χ0n) is 15.4. The van der Waals surface area contributed by atoms with Gasteiger partial charge in [0.25, 0.3) is 0 Å². The molecular formula is C19H22N4O4S. The molecule has 3 heterocycles. The number of carboxylic acid groups (broad SMARTS) is 2. The largest absolute Gasteiger partial charge is 0.478 e. The van der Waals surface area contributed by atoms with Crippen LogP contribution in [-0.4, -0.2) is 69.6 Å². The average Bonchev–Trinajstić information content (AvgIpc) is 3.35. The van der Waals surface area contributed by atoms with E-state index in [0.29, 0.717) is 12.2 Å². The molecular weight excluding hydrogens is 380 g/mol. The number of carboxylic acids is 2. The second kappa shape index (κ2) is 8.94. The van der Waals surface area contributed by atoms with E-state index in [9.17, 15) is 9.59 Å². The molecule has 2 aliphatic rings. The van der Waals surface area contributed by atoms with Crippen LogP contribution in [0, 0.1) is 11.8 Å². The smallest absolute Gasteiger partial charge is 0.328 e. The van der Waals surface area contributed by atoms with E-state index in [2.05, 4.69) is 33.4 Å². The van der Waals surface area contributed by atoms with Gasteiger partial charge in [0, 0.05) is 55.4 Å². The molecule has 0 bridgehead atoms. The maximum absolute atomic E-state index is 9.55. The van der Waals surface area contributed by atoms with Crippen molar-refractivity contribution in [1.29, 1.82) is 0 Å². The number of nitrogens with zero attached hydrogens (tertiary/aromatic N) is 4. The van der Waals surface area contributed by atoms with Crippen molar-refractivity contribution in [3.63, 3.8) is 0 Å². The number of rotatable bonds is 4. The molecule has 1 aromatic carbocycles. The number of carbonyl (C=O) groups is 2. The Morgan fingerprint density at radius 2 is 1.61 bits per heavy atom. The van der Waals surface area contributed by atoms with Crippen LogP contribution in [0.3, 0.4) is 0 Å². The molecule has 28 heavy (non-hydrogen) atoms. The van der Waals surface area contributed by atoms with E-state index in [1.54, 1.807) is 0 Å². The molecule has 2 unspecified atom stereocenters. The summed E-state index contributed by atoms with van der Waals surface area (Å²) in [6.45, 7) is 4.73. The van der Waals surface area contributed by atoms with Crippen LogP contribution in [0.5, 0.6) is 0 Å². The lowest BCUT2D eigenvalue weighted by atomic mass is 10.0. The number of aliphatic carboxylic acids is 2. The molecule has 0 radical (unpaired) electrons. The van der Waals surface area contributed by atoms with Crippen LogP contribution in [0.2, 0.25) is 0 Å². The fourth-order valence-electron chi connectivity index (χ4n) is 3.57. The first-order valence-corrected chi connectivity index (χ1v) is 9.66. The zero-order chi connectivity index (χ0) is 20.1. The predicted molar refractivity (Wildman–Crippen MR) is 106 cm³/mol. The molecule has 8 nitrogen and oxygen atoms in total. The average molecular weight is 402 g/mol. The van der Waals surface area contributed by atoms with Crippen molar-refractivity contribution in [2.75, 3.05) is 38.1 Å². The van der Waals surface area contributed by atoms with Gasteiger partial charge in [0.1, 0.15) is 0 Å². The topological polar surface area (TPSA) is 107 Å². The van der Waals surface area contributed by atoms with Crippen molar-refractivity contribution < 1.29 is 19.8 Å².